The van der Waals surface area contributed by atoms with Crippen LogP contribution in [0.25, 0.3) is 5.69 Å². The number of amides is 2. The average Bonchev–Trinajstić information content (AvgIpc) is 3.16. The molecule has 1 aliphatic heterocycles. The molecular formula is C19H24N4O3. The number of carbonyl (C=O) groups excluding carboxylic acids is 1. The van der Waals surface area contributed by atoms with Crippen LogP contribution in [0, 0.1) is 19.3 Å². The highest BCUT2D eigenvalue weighted by Crippen LogP contribution is 2.30. The Balaban J connectivity index is 1.68. The zero-order valence-corrected chi connectivity index (χ0v) is 15.3. The highest BCUT2D eigenvalue weighted by atomic mass is 16.4. The highest BCUT2D eigenvalue weighted by Gasteiger charge is 2.42. The summed E-state index contributed by atoms with van der Waals surface area (Å²) < 4.78 is 1.87. The predicted molar refractivity (Wildman–Crippen MR) is 97.2 cm³/mol. The second-order valence-electron chi connectivity index (χ2n) is 7.09. The minimum atomic E-state index is -0.860. The Morgan fingerprint density at radius 1 is 1.27 bits per heavy atom. The normalized spacial score (nSPS) is 19.6. The number of hydrogen-bond donors (Lipinski definition) is 2. The lowest BCUT2D eigenvalue weighted by Gasteiger charge is -2.20. The van der Waals surface area contributed by atoms with E-state index >= 15 is 0 Å². The fraction of sp³-hybridized carbons (Fsp3) is 0.421. The fourth-order valence-electron chi connectivity index (χ4n) is 3.34. The third-order valence-electron chi connectivity index (χ3n) is 5.14. The van der Waals surface area contributed by atoms with Crippen molar-refractivity contribution in [2.24, 2.45) is 5.41 Å². The smallest absolute Gasteiger partial charge is 0.317 e. The number of likely N-dealkylation sites (tertiary alicyclic amines) is 1. The van der Waals surface area contributed by atoms with E-state index in [2.05, 4.69) is 10.4 Å². The number of carbonyl (C=O) groups is 2. The first-order chi connectivity index (χ1) is 12.3. The second kappa shape index (κ2) is 6.82. The lowest BCUT2D eigenvalue weighted by atomic mass is 9.90. The number of aliphatic carboxylic acids is 1. The quantitative estimate of drug-likeness (QED) is 0.881. The van der Waals surface area contributed by atoms with E-state index in [-0.39, 0.29) is 12.6 Å². The van der Waals surface area contributed by atoms with Gasteiger partial charge in [0.1, 0.15) is 0 Å². The highest BCUT2D eigenvalue weighted by molar-refractivity contribution is 5.79. The topological polar surface area (TPSA) is 87.5 Å². The second-order valence-corrected chi connectivity index (χ2v) is 7.09. The number of carboxylic acids is 1. The first kappa shape index (κ1) is 18.0. The van der Waals surface area contributed by atoms with Gasteiger partial charge in [-0.1, -0.05) is 18.2 Å². The zero-order valence-electron chi connectivity index (χ0n) is 15.3. The lowest BCUT2D eigenvalue weighted by Crippen LogP contribution is -2.40. The molecule has 2 amide bonds. The average molecular weight is 356 g/mol. The molecule has 26 heavy (non-hydrogen) atoms. The van der Waals surface area contributed by atoms with Gasteiger partial charge in [0.25, 0.3) is 0 Å². The van der Waals surface area contributed by atoms with Gasteiger partial charge in [0, 0.05) is 30.9 Å². The number of aromatic nitrogens is 2. The zero-order chi connectivity index (χ0) is 18.9. The molecule has 0 saturated carbocycles. The van der Waals surface area contributed by atoms with Crippen LogP contribution >= 0.6 is 0 Å². The Kier molecular flexibility index (Phi) is 4.71. The molecule has 2 N–H and O–H groups in total. The van der Waals surface area contributed by atoms with Gasteiger partial charge in [-0.05, 0) is 39.3 Å². The molecule has 0 aliphatic carbocycles. The van der Waals surface area contributed by atoms with E-state index < -0.39 is 11.4 Å². The Labute approximate surface area is 152 Å². The Morgan fingerprint density at radius 2 is 1.96 bits per heavy atom. The van der Waals surface area contributed by atoms with Crippen molar-refractivity contribution < 1.29 is 14.7 Å². The summed E-state index contributed by atoms with van der Waals surface area (Å²) in [5.74, 6) is -0.858. The number of nitrogens with one attached hydrogen (secondary N) is 1. The Bertz CT molecular complexity index is 831. The van der Waals surface area contributed by atoms with Crippen molar-refractivity contribution in [1.29, 1.82) is 0 Å². The summed E-state index contributed by atoms with van der Waals surface area (Å²) in [5.41, 5.74) is 2.93. The summed E-state index contributed by atoms with van der Waals surface area (Å²) in [6.07, 6.45) is 0.472. The fourth-order valence-corrected chi connectivity index (χ4v) is 3.34. The summed E-state index contributed by atoms with van der Waals surface area (Å²) in [6, 6.07) is 9.61. The van der Waals surface area contributed by atoms with Gasteiger partial charge in [0.05, 0.1) is 16.8 Å². The van der Waals surface area contributed by atoms with Gasteiger partial charge in [-0.3, -0.25) is 4.79 Å². The molecule has 1 aromatic heterocycles. The maximum atomic E-state index is 12.4. The van der Waals surface area contributed by atoms with E-state index in [1.54, 1.807) is 11.8 Å². The Hall–Kier alpha value is -2.83. The predicted octanol–water partition coefficient (Wildman–Crippen LogP) is 2.50. The molecule has 1 aliphatic rings. The molecule has 0 radical (unpaired) electrons. The molecule has 7 heteroatoms. The van der Waals surface area contributed by atoms with E-state index in [1.165, 1.54) is 0 Å². The minimum absolute atomic E-state index is 0.232. The van der Waals surface area contributed by atoms with Crippen LogP contribution in [0.5, 0.6) is 0 Å². The molecule has 0 spiro atoms. The number of urea groups is 1. The van der Waals surface area contributed by atoms with E-state index in [1.807, 2.05) is 48.9 Å². The van der Waals surface area contributed by atoms with E-state index in [0.717, 1.165) is 22.6 Å². The third kappa shape index (κ3) is 3.29. The lowest BCUT2D eigenvalue weighted by molar-refractivity contribution is -0.147. The first-order valence-electron chi connectivity index (χ1n) is 8.68. The van der Waals surface area contributed by atoms with Gasteiger partial charge >= 0.3 is 12.0 Å². The molecule has 1 atom stereocenters. The van der Waals surface area contributed by atoms with Gasteiger partial charge in [-0.2, -0.15) is 5.10 Å². The van der Waals surface area contributed by atoms with E-state index in [9.17, 15) is 14.7 Å². The molecule has 1 fully saturated rings. The molecule has 1 saturated heterocycles. The summed E-state index contributed by atoms with van der Waals surface area (Å²) in [7, 11) is 0. The molecule has 138 valence electrons. The third-order valence-corrected chi connectivity index (χ3v) is 5.14. The van der Waals surface area contributed by atoms with Crippen LogP contribution in [0.15, 0.2) is 30.3 Å². The van der Waals surface area contributed by atoms with Gasteiger partial charge in [0.15, 0.2) is 0 Å². The molecule has 7 nitrogen and oxygen atoms in total. The standard InChI is InChI=1S/C19H24N4O3/c1-13-16(14(2)23(21-13)15-7-5-4-6-8-15)11-20-18(26)22-10-9-19(3,12-22)17(24)25/h4-8H,9-12H2,1-3H3,(H,20,26)(H,24,25). The van der Waals surface area contributed by atoms with Crippen LogP contribution in [0.4, 0.5) is 4.79 Å². The van der Waals surface area contributed by atoms with Crippen LogP contribution in [-0.2, 0) is 11.3 Å². The molecule has 2 aromatic rings. The molecular weight excluding hydrogens is 332 g/mol. The van der Waals surface area contributed by atoms with Crippen molar-refractivity contribution in [3.8, 4) is 5.69 Å². The van der Waals surface area contributed by atoms with Gasteiger partial charge in [0.2, 0.25) is 0 Å². The van der Waals surface area contributed by atoms with Crippen LogP contribution in [0.1, 0.15) is 30.3 Å². The van der Waals surface area contributed by atoms with Crippen LogP contribution < -0.4 is 5.32 Å². The maximum absolute atomic E-state index is 12.4. The Morgan fingerprint density at radius 3 is 2.58 bits per heavy atom. The number of nitrogens with zero attached hydrogens (tertiary/aromatic N) is 3. The van der Waals surface area contributed by atoms with E-state index in [4.69, 9.17) is 0 Å². The number of rotatable bonds is 4. The first-order valence-corrected chi connectivity index (χ1v) is 8.68. The van der Waals surface area contributed by atoms with Crippen molar-refractivity contribution in [1.82, 2.24) is 20.0 Å². The molecule has 1 aromatic carbocycles. The number of para-hydroxylation sites is 1. The monoisotopic (exact) mass is 356 g/mol. The van der Waals surface area contributed by atoms with Crippen LogP contribution in [0.3, 0.4) is 0 Å². The number of carboxylic acid groups (broad SMARTS) is 1. The number of aryl methyl sites for hydroxylation is 1. The maximum Gasteiger partial charge on any atom is 0.317 e. The van der Waals surface area contributed by atoms with Crippen molar-refractivity contribution in [2.75, 3.05) is 13.1 Å². The summed E-state index contributed by atoms with van der Waals surface area (Å²) in [4.78, 5) is 25.3. The largest absolute Gasteiger partial charge is 0.481 e. The van der Waals surface area contributed by atoms with E-state index in [0.29, 0.717) is 19.5 Å². The SMILES string of the molecule is Cc1nn(-c2ccccc2)c(C)c1CNC(=O)N1CCC(C)(C(=O)O)C1. The summed E-state index contributed by atoms with van der Waals surface area (Å²) in [5, 5.41) is 16.8. The molecule has 1 unspecified atom stereocenters. The summed E-state index contributed by atoms with van der Waals surface area (Å²) in [6.45, 7) is 6.63. The van der Waals surface area contributed by atoms with Crippen molar-refractivity contribution >= 4 is 12.0 Å². The summed E-state index contributed by atoms with van der Waals surface area (Å²) >= 11 is 0. The van der Waals surface area contributed by atoms with Gasteiger partial charge < -0.3 is 15.3 Å². The van der Waals surface area contributed by atoms with Gasteiger partial charge in [-0.25, -0.2) is 9.48 Å². The van der Waals surface area contributed by atoms with Crippen molar-refractivity contribution in [3.05, 3.63) is 47.3 Å². The van der Waals surface area contributed by atoms with Gasteiger partial charge in [-0.15, -0.1) is 0 Å². The molecule has 0 bridgehead atoms. The minimum Gasteiger partial charge on any atom is -0.481 e. The van der Waals surface area contributed by atoms with Crippen LogP contribution in [-0.4, -0.2) is 44.9 Å². The number of hydrogen-bond acceptors (Lipinski definition) is 3. The molecule has 2 heterocycles. The number of benzene rings is 1. The van der Waals surface area contributed by atoms with Crippen LogP contribution in [0.2, 0.25) is 0 Å². The van der Waals surface area contributed by atoms with Crippen molar-refractivity contribution in [3.63, 3.8) is 0 Å². The molecule has 3 rings (SSSR count). The van der Waals surface area contributed by atoms with Crippen molar-refractivity contribution in [2.45, 2.75) is 33.7 Å².